The molecular formula is C24H22N2O6S2. The Labute approximate surface area is 200 Å². The summed E-state index contributed by atoms with van der Waals surface area (Å²) in [6.45, 7) is 1.84. The Hall–Kier alpha value is -3.50. The van der Waals surface area contributed by atoms with Gasteiger partial charge in [-0.15, -0.1) is 11.3 Å². The molecule has 0 saturated carbocycles. The first-order valence-corrected chi connectivity index (χ1v) is 13.2. The van der Waals surface area contributed by atoms with E-state index in [4.69, 9.17) is 4.74 Å². The van der Waals surface area contributed by atoms with Crippen molar-refractivity contribution in [1.29, 1.82) is 0 Å². The first kappa shape index (κ1) is 23.7. The van der Waals surface area contributed by atoms with Crippen LogP contribution in [0.1, 0.15) is 48.4 Å². The average molecular weight is 499 g/mol. The van der Waals surface area contributed by atoms with Crippen molar-refractivity contribution in [3.63, 3.8) is 0 Å². The van der Waals surface area contributed by atoms with Gasteiger partial charge in [0.15, 0.2) is 9.84 Å². The molecule has 10 heteroatoms. The SMILES string of the molecule is CCOC(=O)c1c(NC(=O)c2ccc(NC(=O)c3ccccc3)cc2)sc2c1CCS(=O)(=O)C2. The molecule has 0 saturated heterocycles. The molecule has 0 aliphatic carbocycles. The van der Waals surface area contributed by atoms with Crippen molar-refractivity contribution in [2.24, 2.45) is 0 Å². The Morgan fingerprint density at radius 1 is 0.941 bits per heavy atom. The highest BCUT2D eigenvalue weighted by atomic mass is 32.2. The molecule has 1 aromatic heterocycles. The van der Waals surface area contributed by atoms with Crippen molar-refractivity contribution in [2.75, 3.05) is 23.0 Å². The number of fused-ring (bicyclic) bond motifs is 1. The van der Waals surface area contributed by atoms with Crippen LogP contribution in [0.3, 0.4) is 0 Å². The van der Waals surface area contributed by atoms with Gasteiger partial charge in [0.1, 0.15) is 5.00 Å². The van der Waals surface area contributed by atoms with Crippen LogP contribution >= 0.6 is 11.3 Å². The van der Waals surface area contributed by atoms with E-state index in [1.165, 1.54) is 0 Å². The molecule has 2 amide bonds. The topological polar surface area (TPSA) is 119 Å². The molecule has 0 radical (unpaired) electrons. The highest BCUT2D eigenvalue weighted by Crippen LogP contribution is 2.38. The molecule has 0 atom stereocenters. The first-order chi connectivity index (χ1) is 16.3. The van der Waals surface area contributed by atoms with Crippen LogP contribution in [0.5, 0.6) is 0 Å². The predicted molar refractivity (Wildman–Crippen MR) is 130 cm³/mol. The van der Waals surface area contributed by atoms with Crippen molar-refractivity contribution < 1.29 is 27.5 Å². The van der Waals surface area contributed by atoms with E-state index >= 15 is 0 Å². The second-order valence-electron chi connectivity index (χ2n) is 7.62. The molecule has 0 unspecified atom stereocenters. The van der Waals surface area contributed by atoms with Crippen molar-refractivity contribution in [2.45, 2.75) is 19.1 Å². The van der Waals surface area contributed by atoms with Crippen molar-refractivity contribution in [3.05, 3.63) is 81.7 Å². The van der Waals surface area contributed by atoms with Gasteiger partial charge in [-0.25, -0.2) is 13.2 Å². The van der Waals surface area contributed by atoms with Gasteiger partial charge in [0.2, 0.25) is 0 Å². The van der Waals surface area contributed by atoms with Crippen molar-refractivity contribution >= 4 is 49.6 Å². The molecule has 1 aliphatic heterocycles. The standard InChI is InChI=1S/C24H22N2O6S2/c1-2-32-24(29)20-18-12-13-34(30,31)14-19(18)33-23(20)26-22(28)16-8-10-17(11-9-16)25-21(27)15-6-4-3-5-7-15/h3-11H,2,12-14H2,1H3,(H,25,27)(H,26,28). The Kier molecular flexibility index (Phi) is 6.80. The molecule has 2 N–H and O–H groups in total. The van der Waals surface area contributed by atoms with E-state index < -0.39 is 21.7 Å². The summed E-state index contributed by atoms with van der Waals surface area (Å²) in [6, 6.07) is 15.1. The number of nitrogens with one attached hydrogen (secondary N) is 2. The van der Waals surface area contributed by atoms with E-state index in [2.05, 4.69) is 10.6 Å². The summed E-state index contributed by atoms with van der Waals surface area (Å²) in [5.74, 6) is -1.53. The number of ether oxygens (including phenoxy) is 1. The Bertz CT molecular complexity index is 1350. The summed E-state index contributed by atoms with van der Waals surface area (Å²) < 4.78 is 29.2. The number of amides is 2. The second kappa shape index (κ2) is 9.78. The summed E-state index contributed by atoms with van der Waals surface area (Å²) in [5.41, 5.74) is 2.19. The average Bonchev–Trinajstić information content (AvgIpc) is 3.16. The molecule has 2 heterocycles. The van der Waals surface area contributed by atoms with Crippen LogP contribution in [0.15, 0.2) is 54.6 Å². The van der Waals surface area contributed by atoms with Gasteiger partial charge in [-0.1, -0.05) is 18.2 Å². The van der Waals surface area contributed by atoms with Crippen LogP contribution in [-0.2, 0) is 26.7 Å². The zero-order valence-corrected chi connectivity index (χ0v) is 19.9. The minimum Gasteiger partial charge on any atom is -0.462 e. The molecule has 8 nitrogen and oxygen atoms in total. The van der Waals surface area contributed by atoms with Gasteiger partial charge in [0, 0.05) is 21.7 Å². The number of hydrogen-bond donors (Lipinski definition) is 2. The van der Waals surface area contributed by atoms with Crippen LogP contribution in [0.2, 0.25) is 0 Å². The fourth-order valence-electron chi connectivity index (χ4n) is 3.60. The summed E-state index contributed by atoms with van der Waals surface area (Å²) in [4.78, 5) is 38.3. The molecule has 176 valence electrons. The maximum atomic E-state index is 12.9. The Morgan fingerprint density at radius 3 is 2.26 bits per heavy atom. The summed E-state index contributed by atoms with van der Waals surface area (Å²) in [6.07, 6.45) is 0.202. The van der Waals surface area contributed by atoms with E-state index in [0.29, 0.717) is 27.3 Å². The van der Waals surface area contributed by atoms with Crippen molar-refractivity contribution in [1.82, 2.24) is 0 Å². The van der Waals surface area contributed by atoms with Crippen LogP contribution in [0, 0.1) is 0 Å². The van der Waals surface area contributed by atoms with Gasteiger partial charge in [-0.3, -0.25) is 9.59 Å². The monoisotopic (exact) mass is 498 g/mol. The van der Waals surface area contributed by atoms with Crippen molar-refractivity contribution in [3.8, 4) is 0 Å². The highest BCUT2D eigenvalue weighted by molar-refractivity contribution is 7.90. The van der Waals surface area contributed by atoms with Gasteiger partial charge in [0.05, 0.1) is 23.7 Å². The van der Waals surface area contributed by atoms with E-state index in [9.17, 15) is 22.8 Å². The van der Waals surface area contributed by atoms with Crippen LogP contribution in [-0.4, -0.2) is 38.6 Å². The van der Waals surface area contributed by atoms with Crippen LogP contribution in [0.25, 0.3) is 0 Å². The third-order valence-electron chi connectivity index (χ3n) is 5.25. The molecule has 0 bridgehead atoms. The van der Waals surface area contributed by atoms with Gasteiger partial charge in [-0.05, 0) is 55.3 Å². The zero-order chi connectivity index (χ0) is 24.3. The maximum Gasteiger partial charge on any atom is 0.341 e. The number of carbonyl (C=O) groups is 3. The first-order valence-electron chi connectivity index (χ1n) is 10.6. The lowest BCUT2D eigenvalue weighted by atomic mass is 10.1. The number of esters is 1. The lowest BCUT2D eigenvalue weighted by Crippen LogP contribution is -2.20. The number of carbonyl (C=O) groups excluding carboxylic acids is 3. The van der Waals surface area contributed by atoms with E-state index in [1.807, 2.05) is 6.07 Å². The minimum absolute atomic E-state index is 0.0489. The quantitative estimate of drug-likeness (QED) is 0.498. The smallest absolute Gasteiger partial charge is 0.341 e. The molecule has 3 aromatic rings. The number of anilines is 2. The summed E-state index contributed by atoms with van der Waals surface area (Å²) >= 11 is 1.08. The fraction of sp³-hybridized carbons (Fsp3) is 0.208. The number of benzene rings is 2. The lowest BCUT2D eigenvalue weighted by molar-refractivity contribution is 0.0526. The normalized spacial score (nSPS) is 14.0. The number of sulfone groups is 1. The van der Waals surface area contributed by atoms with Gasteiger partial charge in [-0.2, -0.15) is 0 Å². The maximum absolute atomic E-state index is 12.9. The van der Waals surface area contributed by atoms with E-state index in [-0.39, 0.29) is 41.0 Å². The minimum atomic E-state index is -3.24. The molecule has 1 aliphatic rings. The molecule has 2 aromatic carbocycles. The summed E-state index contributed by atoms with van der Waals surface area (Å²) in [5, 5.41) is 5.77. The molecule has 0 fully saturated rings. The number of thiophene rings is 1. The molecular weight excluding hydrogens is 476 g/mol. The zero-order valence-electron chi connectivity index (χ0n) is 18.3. The lowest BCUT2D eigenvalue weighted by Gasteiger charge is -2.13. The Morgan fingerprint density at radius 2 is 1.59 bits per heavy atom. The van der Waals surface area contributed by atoms with Crippen LogP contribution in [0.4, 0.5) is 10.7 Å². The third-order valence-corrected chi connectivity index (χ3v) is 8.14. The molecule has 4 rings (SSSR count). The number of rotatable bonds is 6. The third kappa shape index (κ3) is 5.18. The van der Waals surface area contributed by atoms with E-state index in [0.717, 1.165) is 11.3 Å². The second-order valence-corrected chi connectivity index (χ2v) is 10.9. The highest BCUT2D eigenvalue weighted by Gasteiger charge is 2.32. The van der Waals surface area contributed by atoms with Gasteiger partial charge in [0.25, 0.3) is 11.8 Å². The molecule has 34 heavy (non-hydrogen) atoms. The van der Waals surface area contributed by atoms with Gasteiger partial charge < -0.3 is 15.4 Å². The van der Waals surface area contributed by atoms with Crippen LogP contribution < -0.4 is 10.6 Å². The number of hydrogen-bond acceptors (Lipinski definition) is 7. The predicted octanol–water partition coefficient (Wildman–Crippen LogP) is 3.90. The largest absolute Gasteiger partial charge is 0.462 e. The van der Waals surface area contributed by atoms with E-state index in [1.54, 1.807) is 55.5 Å². The Balaban J connectivity index is 1.53. The summed E-state index contributed by atoms with van der Waals surface area (Å²) in [7, 11) is -3.24. The fourth-order valence-corrected chi connectivity index (χ4v) is 6.64. The molecule has 0 spiro atoms. The van der Waals surface area contributed by atoms with Gasteiger partial charge >= 0.3 is 5.97 Å².